The number of carbonyl (C=O) groups is 2. The Labute approximate surface area is 249 Å². The Morgan fingerprint density at radius 3 is 2.26 bits per heavy atom. The van der Waals surface area contributed by atoms with Gasteiger partial charge in [0, 0.05) is 38.9 Å². The normalized spacial score (nSPS) is 22.4. The fourth-order valence-corrected chi connectivity index (χ4v) is 7.93. The van der Waals surface area contributed by atoms with Crippen molar-refractivity contribution >= 4 is 27.9 Å². The van der Waals surface area contributed by atoms with Crippen molar-refractivity contribution in [1.29, 1.82) is 5.41 Å². The number of alkyl halides is 3. The molecule has 2 aromatic rings. The molecule has 0 bridgehead atoms. The maximum absolute atomic E-state index is 14.6. The van der Waals surface area contributed by atoms with Crippen LogP contribution >= 0.6 is 0 Å². The molecule has 3 amide bonds. The summed E-state index contributed by atoms with van der Waals surface area (Å²) in [6, 6.07) is 9.32. The van der Waals surface area contributed by atoms with Crippen molar-refractivity contribution in [2.75, 3.05) is 26.2 Å². The van der Waals surface area contributed by atoms with Gasteiger partial charge in [0.05, 0.1) is 17.0 Å². The number of rotatable bonds is 8. The number of hydrogen-bond acceptors (Lipinski definition) is 5. The molecular weight excluding hydrogens is 585 g/mol. The number of benzene rings is 2. The number of amides is 3. The van der Waals surface area contributed by atoms with Crippen LogP contribution in [-0.4, -0.2) is 78.3 Å². The van der Waals surface area contributed by atoms with Gasteiger partial charge < -0.3 is 16.4 Å². The van der Waals surface area contributed by atoms with Gasteiger partial charge in [0.1, 0.15) is 12.1 Å². The summed E-state index contributed by atoms with van der Waals surface area (Å²) in [6.07, 6.45) is -2.97. The zero-order valence-corrected chi connectivity index (χ0v) is 24.8. The van der Waals surface area contributed by atoms with Crippen molar-refractivity contribution in [2.45, 2.75) is 62.2 Å². The van der Waals surface area contributed by atoms with Crippen molar-refractivity contribution < 1.29 is 35.7 Å². The molecule has 0 saturated carbocycles. The molecule has 0 aliphatic carbocycles. The zero-order chi connectivity index (χ0) is 31.6. The molecule has 2 heterocycles. The highest BCUT2D eigenvalue weighted by Crippen LogP contribution is 2.35. The van der Waals surface area contributed by atoms with E-state index in [0.29, 0.717) is 50.4 Å². The van der Waals surface area contributed by atoms with E-state index in [1.807, 2.05) is 0 Å². The Morgan fingerprint density at radius 2 is 1.72 bits per heavy atom. The molecule has 14 heteroatoms. The Balaban J connectivity index is 1.85. The number of urea groups is 1. The van der Waals surface area contributed by atoms with E-state index < -0.39 is 55.2 Å². The molecule has 10 nitrogen and oxygen atoms in total. The lowest BCUT2D eigenvalue weighted by atomic mass is 9.95. The second-order valence-electron chi connectivity index (χ2n) is 11.4. The van der Waals surface area contributed by atoms with Gasteiger partial charge in [-0.15, -0.1) is 0 Å². The predicted octanol–water partition coefficient (Wildman–Crippen LogP) is 3.52. The van der Waals surface area contributed by atoms with Crippen LogP contribution in [0.25, 0.3) is 0 Å². The lowest BCUT2D eigenvalue weighted by Crippen LogP contribution is -2.67. The number of piperidine rings is 1. The van der Waals surface area contributed by atoms with Crippen molar-refractivity contribution in [1.82, 2.24) is 9.21 Å². The highest BCUT2D eigenvalue weighted by molar-refractivity contribution is 7.89. The van der Waals surface area contributed by atoms with Crippen LogP contribution < -0.4 is 11.5 Å². The zero-order valence-electron chi connectivity index (χ0n) is 24.0. The highest BCUT2D eigenvalue weighted by Gasteiger charge is 2.56. The van der Waals surface area contributed by atoms with Crippen molar-refractivity contribution in [3.05, 3.63) is 65.7 Å². The van der Waals surface area contributed by atoms with E-state index in [-0.39, 0.29) is 31.4 Å². The largest absolute Gasteiger partial charge is 0.421 e. The molecular formula is C29H38F3N6O4S+. The third-order valence-corrected chi connectivity index (χ3v) is 10.6. The van der Waals surface area contributed by atoms with Gasteiger partial charge in [0.15, 0.2) is 5.96 Å². The first-order valence-corrected chi connectivity index (χ1v) is 15.7. The van der Waals surface area contributed by atoms with E-state index in [9.17, 15) is 31.2 Å². The quantitative estimate of drug-likeness (QED) is 0.233. The van der Waals surface area contributed by atoms with Crippen LogP contribution in [0.1, 0.15) is 43.7 Å². The monoisotopic (exact) mass is 623 g/mol. The molecule has 0 radical (unpaired) electrons. The SMILES string of the molecule is C[C@@H]1CCC[N+]1(C(N)=O)C(=O)[C@@H](Cc1ccccc1)N(CC1CCN(C(=N)N)CC1)S(=O)(=O)c1cccc(C(F)(F)F)c1. The molecule has 234 valence electrons. The summed E-state index contributed by atoms with van der Waals surface area (Å²) in [5, 5.41) is 7.72. The van der Waals surface area contributed by atoms with Crippen LogP contribution in [-0.2, 0) is 27.4 Å². The number of nitrogens with two attached hydrogens (primary N) is 2. The van der Waals surface area contributed by atoms with E-state index in [2.05, 4.69) is 0 Å². The molecule has 2 saturated heterocycles. The summed E-state index contributed by atoms with van der Waals surface area (Å²) in [6.45, 7) is 2.41. The number of nitrogens with one attached hydrogen (secondary N) is 1. The molecule has 0 spiro atoms. The minimum absolute atomic E-state index is 0.106. The van der Waals surface area contributed by atoms with Crippen molar-refractivity contribution in [2.24, 2.45) is 17.4 Å². The first-order valence-electron chi connectivity index (χ1n) is 14.2. The van der Waals surface area contributed by atoms with Crippen molar-refractivity contribution in [3.8, 4) is 0 Å². The second kappa shape index (κ2) is 12.6. The first kappa shape index (κ1) is 32.4. The maximum atomic E-state index is 14.6. The van der Waals surface area contributed by atoms with E-state index in [0.717, 1.165) is 22.5 Å². The molecule has 2 aliphatic heterocycles. The van der Waals surface area contributed by atoms with Gasteiger partial charge in [0.2, 0.25) is 10.0 Å². The fourth-order valence-electron chi connectivity index (χ4n) is 6.23. The molecule has 4 rings (SSSR count). The molecule has 2 aliphatic rings. The van der Waals surface area contributed by atoms with Crippen LogP contribution in [0.5, 0.6) is 0 Å². The lowest BCUT2D eigenvalue weighted by Gasteiger charge is -2.40. The van der Waals surface area contributed by atoms with Gasteiger partial charge in [-0.3, -0.25) is 5.41 Å². The van der Waals surface area contributed by atoms with Crippen LogP contribution in [0.4, 0.5) is 18.0 Å². The van der Waals surface area contributed by atoms with Crippen LogP contribution in [0.3, 0.4) is 0 Å². The molecule has 0 aromatic heterocycles. The predicted molar refractivity (Wildman–Crippen MR) is 154 cm³/mol. The number of carbonyl (C=O) groups excluding carboxylic acids is 2. The summed E-state index contributed by atoms with van der Waals surface area (Å²) in [5.74, 6) is -1.10. The van der Waals surface area contributed by atoms with E-state index in [1.165, 1.54) is 0 Å². The average Bonchev–Trinajstić information content (AvgIpc) is 3.37. The lowest BCUT2D eigenvalue weighted by molar-refractivity contribution is -0.784. The highest BCUT2D eigenvalue weighted by atomic mass is 32.2. The van der Waals surface area contributed by atoms with E-state index >= 15 is 0 Å². The summed E-state index contributed by atoms with van der Waals surface area (Å²) < 4.78 is 69.9. The number of imide groups is 1. The average molecular weight is 624 g/mol. The van der Waals surface area contributed by atoms with Gasteiger partial charge >= 0.3 is 18.1 Å². The first-order chi connectivity index (χ1) is 20.2. The van der Waals surface area contributed by atoms with Crippen LogP contribution in [0.2, 0.25) is 0 Å². The second-order valence-corrected chi connectivity index (χ2v) is 13.3. The van der Waals surface area contributed by atoms with E-state index in [4.69, 9.17) is 16.9 Å². The summed E-state index contributed by atoms with van der Waals surface area (Å²) >= 11 is 0. The third kappa shape index (κ3) is 6.70. The van der Waals surface area contributed by atoms with Gasteiger partial charge in [-0.1, -0.05) is 36.4 Å². The van der Waals surface area contributed by atoms with Gasteiger partial charge in [-0.25, -0.2) is 18.0 Å². The van der Waals surface area contributed by atoms with E-state index in [1.54, 1.807) is 42.2 Å². The number of halogens is 3. The number of sulfonamides is 1. The van der Waals surface area contributed by atoms with Crippen LogP contribution in [0, 0.1) is 11.3 Å². The molecule has 43 heavy (non-hydrogen) atoms. The molecule has 5 N–H and O–H groups in total. The molecule has 3 atom stereocenters. The van der Waals surface area contributed by atoms with Crippen molar-refractivity contribution in [3.63, 3.8) is 0 Å². The molecule has 2 fully saturated rings. The standard InChI is InChI=1S/C29H37F3N6O4S/c1-20-7-6-16-38(20,28(35)40)26(39)25(17-21-8-3-2-4-9-21)37(19-22-12-14-36(15-13-22)27(33)34)43(41,42)24-11-5-10-23(18-24)29(30,31)32/h2-5,8-11,18,20,22,25H,6-7,12-17,19H2,1H3,(H4-,33,34,35,40)/p+1/t20-,25-,38?/m1/s1. The summed E-state index contributed by atoms with van der Waals surface area (Å²) in [5.41, 5.74) is 11.0. The molecule has 2 aromatic carbocycles. The summed E-state index contributed by atoms with van der Waals surface area (Å²) in [4.78, 5) is 28.6. The smallest absolute Gasteiger partial charge is 0.370 e. The van der Waals surface area contributed by atoms with Gasteiger partial charge in [-0.05, 0) is 49.4 Å². The Kier molecular flexibility index (Phi) is 9.52. The third-order valence-electron chi connectivity index (χ3n) is 8.74. The number of primary amides is 1. The number of likely N-dealkylation sites (tertiary alicyclic amines) is 2. The molecule has 1 unspecified atom stereocenters. The number of nitrogens with zero attached hydrogens (tertiary/aromatic N) is 3. The minimum Gasteiger partial charge on any atom is -0.370 e. The topological polar surface area (TPSA) is 151 Å². The Bertz CT molecular complexity index is 1450. The summed E-state index contributed by atoms with van der Waals surface area (Å²) in [7, 11) is -4.71. The van der Waals surface area contributed by atoms with Crippen LogP contribution in [0.15, 0.2) is 59.5 Å². The Hall–Kier alpha value is -3.49. The Morgan fingerprint density at radius 1 is 1.07 bits per heavy atom. The van der Waals surface area contributed by atoms with Gasteiger partial charge in [0.25, 0.3) is 0 Å². The minimum atomic E-state index is -4.79. The number of hydrogen-bond donors (Lipinski definition) is 3. The fraction of sp³-hybridized carbons (Fsp3) is 0.483. The number of quaternary nitrogens is 1. The van der Waals surface area contributed by atoms with Gasteiger partial charge in [-0.2, -0.15) is 22.0 Å². The number of guanidine groups is 1. The maximum Gasteiger partial charge on any atom is 0.421 e.